The summed E-state index contributed by atoms with van der Waals surface area (Å²) in [4.78, 5) is 13.8. The largest absolute Gasteiger partial charge is 0.490 e. The molecular formula is C14H19NO3. The van der Waals surface area contributed by atoms with Gasteiger partial charge in [0.05, 0.1) is 12.2 Å². The van der Waals surface area contributed by atoms with Gasteiger partial charge in [0.15, 0.2) is 0 Å². The van der Waals surface area contributed by atoms with Gasteiger partial charge in [-0.15, -0.1) is 0 Å². The quantitative estimate of drug-likeness (QED) is 0.709. The Balaban J connectivity index is 2.27. The van der Waals surface area contributed by atoms with Crippen LogP contribution in [0.2, 0.25) is 0 Å². The van der Waals surface area contributed by atoms with Crippen molar-refractivity contribution < 1.29 is 14.3 Å². The molecule has 98 valence electrons. The summed E-state index contributed by atoms with van der Waals surface area (Å²) in [6.45, 7) is 8.59. The number of hydrogen-bond acceptors (Lipinski definition) is 3. The fourth-order valence-corrected chi connectivity index (χ4v) is 1.83. The second-order valence-electron chi connectivity index (χ2n) is 5.45. The molecule has 0 atom stereocenters. The van der Waals surface area contributed by atoms with E-state index in [4.69, 9.17) is 9.47 Å². The molecule has 0 N–H and O–H groups in total. The summed E-state index contributed by atoms with van der Waals surface area (Å²) in [6.07, 6.45) is -0.322. The number of carbonyl (C=O) groups excluding carboxylic acids is 1. The van der Waals surface area contributed by atoms with E-state index < -0.39 is 5.60 Å². The van der Waals surface area contributed by atoms with Crippen molar-refractivity contribution in [1.82, 2.24) is 0 Å². The molecule has 4 heteroatoms. The van der Waals surface area contributed by atoms with E-state index in [-0.39, 0.29) is 6.09 Å². The second kappa shape index (κ2) is 4.52. The van der Waals surface area contributed by atoms with Crippen LogP contribution in [0.3, 0.4) is 0 Å². The molecule has 1 aliphatic heterocycles. The number of fused-ring (bicyclic) bond motifs is 1. The van der Waals surface area contributed by atoms with Crippen molar-refractivity contribution in [3.63, 3.8) is 0 Å². The van der Waals surface area contributed by atoms with Crippen LogP contribution in [0, 0.1) is 6.92 Å². The monoisotopic (exact) mass is 249 g/mol. The highest BCUT2D eigenvalue weighted by molar-refractivity contribution is 5.90. The Morgan fingerprint density at radius 2 is 2.11 bits per heavy atom. The smallest absolute Gasteiger partial charge is 0.415 e. The number of aryl methyl sites for hydroxylation is 1. The molecule has 2 rings (SSSR count). The van der Waals surface area contributed by atoms with Gasteiger partial charge in [-0.2, -0.15) is 0 Å². The zero-order valence-electron chi connectivity index (χ0n) is 11.3. The number of ether oxygens (including phenoxy) is 2. The molecule has 1 amide bonds. The molecule has 0 saturated heterocycles. The van der Waals surface area contributed by atoms with Crippen LogP contribution >= 0.6 is 0 Å². The van der Waals surface area contributed by atoms with Gasteiger partial charge < -0.3 is 9.47 Å². The summed E-state index contributed by atoms with van der Waals surface area (Å²) in [7, 11) is 0. The fraction of sp³-hybridized carbons (Fsp3) is 0.500. The maximum Gasteiger partial charge on any atom is 0.415 e. The topological polar surface area (TPSA) is 38.8 Å². The zero-order valence-corrected chi connectivity index (χ0v) is 11.3. The van der Waals surface area contributed by atoms with E-state index in [0.717, 1.165) is 17.0 Å². The highest BCUT2D eigenvalue weighted by Gasteiger charge is 2.28. The Kier molecular flexibility index (Phi) is 3.20. The van der Waals surface area contributed by atoms with Crippen molar-refractivity contribution >= 4 is 11.8 Å². The normalized spacial score (nSPS) is 14.8. The van der Waals surface area contributed by atoms with Gasteiger partial charge in [-0.3, -0.25) is 4.90 Å². The summed E-state index contributed by atoms with van der Waals surface area (Å²) in [6, 6.07) is 5.80. The molecule has 0 fully saturated rings. The first-order valence-corrected chi connectivity index (χ1v) is 6.11. The SMILES string of the molecule is Cc1ccc2c(c1)N(C(=O)OC(C)(C)C)CCO2. The van der Waals surface area contributed by atoms with Crippen LogP contribution in [0.25, 0.3) is 0 Å². The van der Waals surface area contributed by atoms with Crippen LogP contribution in [0.15, 0.2) is 18.2 Å². The molecule has 1 aromatic rings. The fourth-order valence-electron chi connectivity index (χ4n) is 1.83. The van der Waals surface area contributed by atoms with Gasteiger partial charge in [-0.1, -0.05) is 6.07 Å². The van der Waals surface area contributed by atoms with Crippen LogP contribution in [0.1, 0.15) is 26.3 Å². The molecule has 1 aromatic carbocycles. The molecule has 0 unspecified atom stereocenters. The summed E-state index contributed by atoms with van der Waals surface area (Å²) in [5.41, 5.74) is 1.39. The van der Waals surface area contributed by atoms with Crippen molar-refractivity contribution in [2.75, 3.05) is 18.1 Å². The average Bonchev–Trinajstić information content (AvgIpc) is 2.25. The predicted octanol–water partition coefficient (Wildman–Crippen LogP) is 3.13. The van der Waals surface area contributed by atoms with Crippen molar-refractivity contribution in [2.24, 2.45) is 0 Å². The molecule has 0 aromatic heterocycles. The van der Waals surface area contributed by atoms with E-state index in [1.165, 1.54) is 0 Å². The highest BCUT2D eigenvalue weighted by Crippen LogP contribution is 2.33. The highest BCUT2D eigenvalue weighted by atomic mass is 16.6. The minimum Gasteiger partial charge on any atom is -0.490 e. The van der Waals surface area contributed by atoms with Gasteiger partial charge in [-0.25, -0.2) is 4.79 Å². The molecule has 1 heterocycles. The molecular weight excluding hydrogens is 230 g/mol. The number of carbonyl (C=O) groups is 1. The van der Waals surface area contributed by atoms with E-state index in [1.807, 2.05) is 45.9 Å². The predicted molar refractivity (Wildman–Crippen MR) is 70.3 cm³/mol. The van der Waals surface area contributed by atoms with Gasteiger partial charge >= 0.3 is 6.09 Å². The number of hydrogen-bond donors (Lipinski definition) is 0. The average molecular weight is 249 g/mol. The summed E-state index contributed by atoms with van der Waals surface area (Å²) in [5, 5.41) is 0. The number of rotatable bonds is 0. The van der Waals surface area contributed by atoms with E-state index in [2.05, 4.69) is 0 Å². The molecule has 0 spiro atoms. The first-order valence-electron chi connectivity index (χ1n) is 6.11. The van der Waals surface area contributed by atoms with Crippen molar-refractivity contribution in [1.29, 1.82) is 0 Å². The zero-order chi connectivity index (χ0) is 13.3. The third kappa shape index (κ3) is 2.75. The lowest BCUT2D eigenvalue weighted by atomic mass is 10.1. The first-order chi connectivity index (χ1) is 8.37. The Labute approximate surface area is 107 Å². The standard InChI is InChI=1S/C14H19NO3/c1-10-5-6-12-11(9-10)15(7-8-17-12)13(16)18-14(2,3)4/h5-6,9H,7-8H2,1-4H3. The van der Waals surface area contributed by atoms with E-state index in [0.29, 0.717) is 13.2 Å². The maximum absolute atomic E-state index is 12.1. The van der Waals surface area contributed by atoms with E-state index in [1.54, 1.807) is 4.90 Å². The minimum atomic E-state index is -0.487. The first kappa shape index (κ1) is 12.7. The Hall–Kier alpha value is -1.71. The lowest BCUT2D eigenvalue weighted by Gasteiger charge is -2.31. The Morgan fingerprint density at radius 1 is 1.39 bits per heavy atom. The van der Waals surface area contributed by atoms with Gasteiger partial charge in [0.1, 0.15) is 18.0 Å². The van der Waals surface area contributed by atoms with Gasteiger partial charge in [0, 0.05) is 0 Å². The van der Waals surface area contributed by atoms with Crippen LogP contribution < -0.4 is 9.64 Å². The maximum atomic E-state index is 12.1. The Bertz CT molecular complexity index is 463. The van der Waals surface area contributed by atoms with Crippen LogP contribution in [0.5, 0.6) is 5.75 Å². The molecule has 1 aliphatic rings. The number of benzene rings is 1. The molecule has 0 aliphatic carbocycles. The van der Waals surface area contributed by atoms with E-state index in [9.17, 15) is 4.79 Å². The molecule has 0 saturated carbocycles. The Morgan fingerprint density at radius 3 is 2.78 bits per heavy atom. The van der Waals surface area contributed by atoms with Gasteiger partial charge in [0.2, 0.25) is 0 Å². The third-order valence-corrected chi connectivity index (χ3v) is 2.59. The van der Waals surface area contributed by atoms with Crippen LogP contribution in [-0.4, -0.2) is 24.8 Å². The second-order valence-corrected chi connectivity index (χ2v) is 5.45. The van der Waals surface area contributed by atoms with Crippen LogP contribution in [-0.2, 0) is 4.74 Å². The molecule has 18 heavy (non-hydrogen) atoms. The van der Waals surface area contributed by atoms with Crippen molar-refractivity contribution in [2.45, 2.75) is 33.3 Å². The van der Waals surface area contributed by atoms with E-state index >= 15 is 0 Å². The number of nitrogens with zero attached hydrogens (tertiary/aromatic N) is 1. The summed E-state index contributed by atoms with van der Waals surface area (Å²) >= 11 is 0. The van der Waals surface area contributed by atoms with Crippen molar-refractivity contribution in [3.05, 3.63) is 23.8 Å². The summed E-state index contributed by atoms with van der Waals surface area (Å²) in [5.74, 6) is 0.734. The molecule has 4 nitrogen and oxygen atoms in total. The van der Waals surface area contributed by atoms with Gasteiger partial charge in [-0.05, 0) is 45.4 Å². The number of anilines is 1. The summed E-state index contributed by atoms with van der Waals surface area (Å²) < 4.78 is 10.9. The number of amides is 1. The lowest BCUT2D eigenvalue weighted by molar-refractivity contribution is 0.0568. The van der Waals surface area contributed by atoms with Gasteiger partial charge in [0.25, 0.3) is 0 Å². The molecule has 0 radical (unpaired) electrons. The minimum absolute atomic E-state index is 0.322. The van der Waals surface area contributed by atoms with Crippen molar-refractivity contribution in [3.8, 4) is 5.75 Å². The third-order valence-electron chi connectivity index (χ3n) is 2.59. The van der Waals surface area contributed by atoms with Crippen LogP contribution in [0.4, 0.5) is 10.5 Å². The lowest BCUT2D eigenvalue weighted by Crippen LogP contribution is -2.41. The molecule has 0 bridgehead atoms.